The smallest absolute Gasteiger partial charge is 0.0640 e. The minimum absolute atomic E-state index is 0.00166. The highest BCUT2D eigenvalue weighted by atomic mass is 32.1. The normalized spacial score (nSPS) is 12.2. The van der Waals surface area contributed by atoms with E-state index in [1.54, 1.807) is 0 Å². The second kappa shape index (κ2) is 15.4. The van der Waals surface area contributed by atoms with Crippen LogP contribution in [0.5, 0.6) is 0 Å². The molecule has 0 radical (unpaired) electrons. The Balaban J connectivity index is 1.13. The van der Waals surface area contributed by atoms with Gasteiger partial charge in [-0.1, -0.05) is 211 Å². The van der Waals surface area contributed by atoms with Crippen molar-refractivity contribution in [2.24, 2.45) is 0 Å². The number of nitrogens with zero attached hydrogens (tertiary/aromatic N) is 1. The zero-order valence-corrected chi connectivity index (χ0v) is 38.2. The molecule has 0 N–H and O–H groups in total. The highest BCUT2D eigenvalue weighted by Gasteiger charge is 2.25. The van der Waals surface area contributed by atoms with E-state index in [2.05, 4.69) is 247 Å². The van der Waals surface area contributed by atoms with Gasteiger partial charge in [-0.15, -0.1) is 11.3 Å². The average Bonchev–Trinajstić information content (AvgIpc) is 3.70. The third kappa shape index (κ3) is 6.85. The van der Waals surface area contributed by atoms with Gasteiger partial charge in [-0.25, -0.2) is 0 Å². The Bertz CT molecular complexity index is 3540. The maximum Gasteiger partial charge on any atom is 0.0640 e. The number of hydrogen-bond donors (Lipinski definition) is 0. The summed E-state index contributed by atoms with van der Waals surface area (Å²) < 4.78 is 2.57. The first-order valence-electron chi connectivity index (χ1n) is 22.5. The van der Waals surface area contributed by atoms with Crippen molar-refractivity contribution in [3.8, 4) is 33.4 Å². The van der Waals surface area contributed by atoms with Gasteiger partial charge in [0.2, 0.25) is 0 Å². The van der Waals surface area contributed by atoms with E-state index in [4.69, 9.17) is 0 Å². The molecule has 2 heteroatoms. The molecule has 0 atom stereocenters. The van der Waals surface area contributed by atoms with Crippen LogP contribution >= 0.6 is 11.3 Å². The van der Waals surface area contributed by atoms with Gasteiger partial charge < -0.3 is 4.90 Å². The van der Waals surface area contributed by atoms with Gasteiger partial charge in [0.1, 0.15) is 0 Å². The first-order chi connectivity index (χ1) is 31.0. The largest absolute Gasteiger partial charge is 0.308 e. The summed E-state index contributed by atoms with van der Waals surface area (Å²) >= 11 is 1.88. The molecule has 1 aromatic heterocycles. The number of hydrogen-bond acceptors (Lipinski definition) is 2. The Morgan fingerprint density at radius 2 is 0.922 bits per heavy atom. The summed E-state index contributed by atoms with van der Waals surface area (Å²) in [5.41, 5.74) is 13.5. The second-order valence-corrected chi connectivity index (χ2v) is 20.4. The van der Waals surface area contributed by atoms with E-state index < -0.39 is 0 Å². The van der Waals surface area contributed by atoms with Crippen molar-refractivity contribution in [1.82, 2.24) is 0 Å². The summed E-state index contributed by atoms with van der Waals surface area (Å²) in [4.78, 5) is 2.51. The predicted octanol–water partition coefficient (Wildman–Crippen LogP) is 18.6. The van der Waals surface area contributed by atoms with Crippen LogP contribution in [0.25, 0.3) is 85.9 Å². The van der Waals surface area contributed by atoms with Crippen LogP contribution in [-0.4, -0.2) is 0 Å². The molecule has 310 valence electrons. The van der Waals surface area contributed by atoms with E-state index in [9.17, 15) is 0 Å². The lowest BCUT2D eigenvalue weighted by Gasteiger charge is -2.29. The summed E-state index contributed by atoms with van der Waals surface area (Å²) in [6.07, 6.45) is 0. The molecule has 1 heterocycles. The summed E-state index contributed by atoms with van der Waals surface area (Å²) in [7, 11) is 0. The number of anilines is 3. The van der Waals surface area contributed by atoms with Crippen LogP contribution in [0, 0.1) is 0 Å². The topological polar surface area (TPSA) is 3.24 Å². The van der Waals surface area contributed by atoms with Gasteiger partial charge in [-0.05, 0) is 112 Å². The van der Waals surface area contributed by atoms with Gasteiger partial charge in [0.15, 0.2) is 0 Å². The molecule has 64 heavy (non-hydrogen) atoms. The molecule has 0 amide bonds. The molecule has 0 spiro atoms. The first-order valence-corrected chi connectivity index (χ1v) is 23.3. The van der Waals surface area contributed by atoms with Crippen LogP contribution < -0.4 is 4.90 Å². The van der Waals surface area contributed by atoms with Gasteiger partial charge in [0.05, 0.1) is 16.1 Å². The highest BCUT2D eigenvalue weighted by Crippen LogP contribution is 2.49. The fraction of sp³-hybridized carbons (Fsp3) is 0.129. The zero-order valence-electron chi connectivity index (χ0n) is 37.4. The average molecular weight is 842 g/mol. The highest BCUT2D eigenvalue weighted by molar-refractivity contribution is 7.26. The van der Waals surface area contributed by atoms with E-state index in [0.29, 0.717) is 0 Å². The van der Waals surface area contributed by atoms with Gasteiger partial charge in [0.25, 0.3) is 0 Å². The quantitative estimate of drug-likeness (QED) is 0.151. The van der Waals surface area contributed by atoms with Gasteiger partial charge >= 0.3 is 0 Å². The van der Waals surface area contributed by atoms with E-state index in [1.165, 1.54) is 103 Å². The molecule has 0 unspecified atom stereocenters. The van der Waals surface area contributed by atoms with Crippen LogP contribution in [0.3, 0.4) is 0 Å². The first kappa shape index (κ1) is 39.8. The maximum absolute atomic E-state index is 2.51. The lowest BCUT2D eigenvalue weighted by Crippen LogP contribution is -2.16. The van der Waals surface area contributed by atoms with Crippen LogP contribution in [0.2, 0.25) is 0 Å². The molecule has 0 fully saturated rings. The SMILES string of the molecule is CC(C)(C)c1cc(-c2cccc3cccc(-c4ccccc4N(c4ccc(-c5cccc6c5ccc5ccccc56)cc4)c4cccc5c4sc4ccccc45)c23)cc(C(C)(C)C)c1. The molecule has 0 saturated carbocycles. The Labute approximate surface area is 380 Å². The van der Waals surface area contributed by atoms with Gasteiger partial charge in [0, 0.05) is 26.7 Å². The van der Waals surface area contributed by atoms with E-state index in [-0.39, 0.29) is 10.8 Å². The molecule has 0 saturated heterocycles. The van der Waals surface area contributed by atoms with Gasteiger partial charge in [-0.3, -0.25) is 0 Å². The molecular formula is C62H51NS. The Hall–Kier alpha value is -7.00. The van der Waals surface area contributed by atoms with Crippen LogP contribution in [0.4, 0.5) is 17.1 Å². The third-order valence-corrected chi connectivity index (χ3v) is 14.4. The molecular weight excluding hydrogens is 791 g/mol. The molecule has 0 bridgehead atoms. The van der Waals surface area contributed by atoms with Crippen molar-refractivity contribution >= 4 is 80.9 Å². The Morgan fingerprint density at radius 1 is 0.359 bits per heavy atom. The predicted molar refractivity (Wildman–Crippen MR) is 280 cm³/mol. The Morgan fingerprint density at radius 3 is 1.69 bits per heavy atom. The second-order valence-electron chi connectivity index (χ2n) is 19.3. The van der Waals surface area contributed by atoms with Crippen molar-refractivity contribution < 1.29 is 0 Å². The summed E-state index contributed by atoms with van der Waals surface area (Å²) in [6, 6.07) is 74.8. The number of thiophene rings is 1. The van der Waals surface area contributed by atoms with Crippen molar-refractivity contribution in [3.63, 3.8) is 0 Å². The molecule has 11 aromatic rings. The number of rotatable bonds is 6. The van der Waals surface area contributed by atoms with Crippen molar-refractivity contribution in [2.45, 2.75) is 52.4 Å². The standard InChI is InChI=1S/C62H51NS/c1-61(2,3)44-37-43(38-45(39-44)62(4,5)6)49-24-13-18-42-19-14-26-54(59(42)49)52-21-9-11-28-56(52)63(57-29-16-27-55-53-22-10-12-30-58(53)64-60(55)57)46-34-31-41(32-35-46)48-23-15-25-50-47-20-8-7-17-40(47)33-36-51(48)50/h7-39H,1-6H3. The molecule has 0 aliphatic heterocycles. The van der Waals surface area contributed by atoms with Crippen LogP contribution in [0.15, 0.2) is 200 Å². The lowest BCUT2D eigenvalue weighted by atomic mass is 9.78. The third-order valence-electron chi connectivity index (χ3n) is 13.2. The van der Waals surface area contributed by atoms with Crippen molar-refractivity contribution in [2.75, 3.05) is 4.90 Å². The summed E-state index contributed by atoms with van der Waals surface area (Å²) in [5.74, 6) is 0. The van der Waals surface area contributed by atoms with E-state index in [0.717, 1.165) is 11.4 Å². The van der Waals surface area contributed by atoms with Gasteiger partial charge in [-0.2, -0.15) is 0 Å². The Kier molecular flexibility index (Phi) is 9.56. The fourth-order valence-electron chi connectivity index (χ4n) is 9.75. The summed E-state index contributed by atoms with van der Waals surface area (Å²) in [6.45, 7) is 13.9. The van der Waals surface area contributed by atoms with Crippen molar-refractivity contribution in [3.05, 3.63) is 211 Å². The van der Waals surface area contributed by atoms with E-state index in [1.807, 2.05) is 11.3 Å². The van der Waals surface area contributed by atoms with E-state index >= 15 is 0 Å². The van der Waals surface area contributed by atoms with Crippen LogP contribution in [-0.2, 0) is 10.8 Å². The molecule has 0 aliphatic carbocycles. The fourth-order valence-corrected chi connectivity index (χ4v) is 11.0. The maximum atomic E-state index is 2.51. The number of benzene rings is 10. The molecule has 11 rings (SSSR count). The molecule has 0 aliphatic rings. The minimum atomic E-state index is 0.00166. The minimum Gasteiger partial charge on any atom is -0.308 e. The van der Waals surface area contributed by atoms with Crippen molar-refractivity contribution in [1.29, 1.82) is 0 Å². The monoisotopic (exact) mass is 841 g/mol. The molecule has 1 nitrogen and oxygen atoms in total. The zero-order chi connectivity index (χ0) is 43.7. The summed E-state index contributed by atoms with van der Waals surface area (Å²) in [5, 5.41) is 10.2. The van der Waals surface area contributed by atoms with Crippen LogP contribution in [0.1, 0.15) is 52.7 Å². The number of para-hydroxylation sites is 1. The number of fused-ring (bicyclic) bond motifs is 7. The lowest BCUT2D eigenvalue weighted by molar-refractivity contribution is 0.569. The molecule has 10 aromatic carbocycles.